The monoisotopic (exact) mass is 407 g/mol. The van der Waals surface area contributed by atoms with Gasteiger partial charge in [-0.25, -0.2) is 0 Å². The number of benzene rings is 2. The molecule has 1 heterocycles. The molecular formula is C23H29N5O2. The molecule has 0 fully saturated rings. The van der Waals surface area contributed by atoms with Crippen molar-refractivity contribution in [1.82, 2.24) is 20.6 Å². The molecule has 7 heteroatoms. The summed E-state index contributed by atoms with van der Waals surface area (Å²) in [5, 5.41) is 15.7. The van der Waals surface area contributed by atoms with Crippen molar-refractivity contribution < 1.29 is 9.53 Å². The highest BCUT2D eigenvalue weighted by atomic mass is 16.5. The predicted octanol–water partition coefficient (Wildman–Crippen LogP) is 4.63. The number of carbonyl (C=O) groups excluding carboxylic acids is 1. The molecular weight excluding hydrogens is 378 g/mol. The van der Waals surface area contributed by atoms with Crippen LogP contribution in [0.4, 0.5) is 5.95 Å². The molecule has 2 aromatic carbocycles. The average molecular weight is 408 g/mol. The number of nitrogens with one attached hydrogen (secondary N) is 2. The van der Waals surface area contributed by atoms with Crippen LogP contribution in [0.25, 0.3) is 0 Å². The first-order chi connectivity index (χ1) is 14.0. The maximum atomic E-state index is 12.2. The predicted molar refractivity (Wildman–Crippen MR) is 117 cm³/mol. The van der Waals surface area contributed by atoms with Crippen molar-refractivity contribution in [2.24, 2.45) is 0 Å². The molecule has 0 saturated heterocycles. The zero-order valence-electron chi connectivity index (χ0n) is 18.4. The van der Waals surface area contributed by atoms with Crippen LogP contribution in [0.15, 0.2) is 42.5 Å². The van der Waals surface area contributed by atoms with E-state index in [9.17, 15) is 4.79 Å². The van der Waals surface area contributed by atoms with E-state index in [-0.39, 0.29) is 22.7 Å². The van der Waals surface area contributed by atoms with Gasteiger partial charge < -0.3 is 4.74 Å². The van der Waals surface area contributed by atoms with E-state index in [1.54, 1.807) is 12.1 Å². The Kier molecular flexibility index (Phi) is 5.92. The minimum atomic E-state index is -0.295. The van der Waals surface area contributed by atoms with Crippen LogP contribution in [0.2, 0.25) is 0 Å². The summed E-state index contributed by atoms with van der Waals surface area (Å²) in [6.07, 6.45) is 0. The fourth-order valence-electron chi connectivity index (χ4n) is 2.86. The largest absolute Gasteiger partial charge is 0.489 e. The Bertz CT molecular complexity index is 965. The Labute approximate surface area is 177 Å². The van der Waals surface area contributed by atoms with Crippen LogP contribution in [0, 0.1) is 0 Å². The van der Waals surface area contributed by atoms with E-state index in [4.69, 9.17) is 4.74 Å². The molecule has 1 aromatic heterocycles. The molecule has 0 radical (unpaired) electrons. The van der Waals surface area contributed by atoms with Gasteiger partial charge >= 0.3 is 0 Å². The van der Waals surface area contributed by atoms with Gasteiger partial charge in [0, 0.05) is 5.56 Å². The number of hydrogen-bond donors (Lipinski definition) is 2. The molecule has 0 aliphatic carbocycles. The molecule has 0 saturated carbocycles. The highest BCUT2D eigenvalue weighted by molar-refractivity contribution is 6.03. The number of aromatic amines is 1. The Morgan fingerprint density at radius 2 is 1.57 bits per heavy atom. The summed E-state index contributed by atoms with van der Waals surface area (Å²) < 4.78 is 6.12. The van der Waals surface area contributed by atoms with Crippen molar-refractivity contribution in [2.75, 3.05) is 5.32 Å². The van der Waals surface area contributed by atoms with E-state index in [0.717, 1.165) is 11.3 Å². The van der Waals surface area contributed by atoms with Gasteiger partial charge in [-0.3, -0.25) is 10.1 Å². The lowest BCUT2D eigenvalue weighted by Crippen LogP contribution is -2.16. The average Bonchev–Trinajstić information content (AvgIpc) is 3.18. The molecule has 1 amide bonds. The number of carbonyl (C=O) groups is 1. The normalized spacial score (nSPS) is 11.9. The zero-order chi connectivity index (χ0) is 21.9. The quantitative estimate of drug-likeness (QED) is 0.643. The standard InChI is InChI=1S/C23H29N5O2/c1-22(2,3)17-11-18(23(4,5)6)13-19(12-17)30-14-15-7-9-16(10-8-15)20(29)24-21-25-27-28-26-21/h7-13H,14H2,1-6H3,(H2,24,25,26,27,28,29). The van der Waals surface area contributed by atoms with E-state index in [1.807, 2.05) is 12.1 Å². The first kappa shape index (κ1) is 21.5. The number of amides is 1. The molecule has 0 aliphatic heterocycles. The highest BCUT2D eigenvalue weighted by Gasteiger charge is 2.21. The van der Waals surface area contributed by atoms with E-state index < -0.39 is 0 Å². The summed E-state index contributed by atoms with van der Waals surface area (Å²) in [6.45, 7) is 13.7. The van der Waals surface area contributed by atoms with Crippen LogP contribution >= 0.6 is 0 Å². The molecule has 2 N–H and O–H groups in total. The fourth-order valence-corrected chi connectivity index (χ4v) is 2.86. The third kappa shape index (κ3) is 5.43. The first-order valence-electron chi connectivity index (χ1n) is 9.95. The number of aromatic nitrogens is 4. The van der Waals surface area contributed by atoms with Gasteiger partial charge in [-0.15, -0.1) is 5.10 Å². The van der Waals surface area contributed by atoms with Crippen LogP contribution in [-0.4, -0.2) is 26.5 Å². The van der Waals surface area contributed by atoms with Crippen molar-refractivity contribution >= 4 is 11.9 Å². The van der Waals surface area contributed by atoms with Gasteiger partial charge in [0.1, 0.15) is 12.4 Å². The van der Waals surface area contributed by atoms with E-state index in [2.05, 4.69) is 85.7 Å². The second-order valence-corrected chi connectivity index (χ2v) is 9.42. The third-order valence-corrected chi connectivity index (χ3v) is 4.83. The van der Waals surface area contributed by atoms with Crippen LogP contribution in [0.5, 0.6) is 5.75 Å². The summed E-state index contributed by atoms with van der Waals surface area (Å²) >= 11 is 0. The molecule has 3 rings (SSSR count). The Morgan fingerprint density at radius 3 is 2.07 bits per heavy atom. The number of H-pyrrole nitrogens is 1. The third-order valence-electron chi connectivity index (χ3n) is 4.83. The zero-order valence-corrected chi connectivity index (χ0v) is 18.4. The van der Waals surface area contributed by atoms with Crippen LogP contribution < -0.4 is 10.1 Å². The van der Waals surface area contributed by atoms with Gasteiger partial charge in [-0.05, 0) is 57.0 Å². The van der Waals surface area contributed by atoms with Crippen molar-refractivity contribution in [1.29, 1.82) is 0 Å². The molecule has 3 aromatic rings. The molecule has 0 bridgehead atoms. The summed E-state index contributed by atoms with van der Waals surface area (Å²) in [4.78, 5) is 12.2. The SMILES string of the molecule is CC(C)(C)c1cc(OCc2ccc(C(=O)Nc3nn[nH]n3)cc2)cc(C(C)(C)C)c1. The number of rotatable bonds is 5. The smallest absolute Gasteiger partial charge is 0.270 e. The van der Waals surface area contributed by atoms with Gasteiger partial charge in [-0.2, -0.15) is 5.21 Å². The minimum absolute atomic E-state index is 0.0348. The van der Waals surface area contributed by atoms with Crippen molar-refractivity contribution in [3.05, 3.63) is 64.7 Å². The van der Waals surface area contributed by atoms with Gasteiger partial charge in [0.05, 0.1) is 0 Å². The number of hydrogen-bond acceptors (Lipinski definition) is 5. The van der Waals surface area contributed by atoms with Crippen molar-refractivity contribution in [2.45, 2.75) is 59.0 Å². The number of tetrazole rings is 1. The number of nitrogens with zero attached hydrogens (tertiary/aromatic N) is 3. The van der Waals surface area contributed by atoms with Gasteiger partial charge in [0.2, 0.25) is 0 Å². The minimum Gasteiger partial charge on any atom is -0.489 e. The topological polar surface area (TPSA) is 92.8 Å². The summed E-state index contributed by atoms with van der Waals surface area (Å²) in [7, 11) is 0. The summed E-state index contributed by atoms with van der Waals surface area (Å²) in [5.74, 6) is 0.698. The Balaban J connectivity index is 1.71. The summed E-state index contributed by atoms with van der Waals surface area (Å²) in [5.41, 5.74) is 4.05. The van der Waals surface area contributed by atoms with Gasteiger partial charge in [-0.1, -0.05) is 64.8 Å². The van der Waals surface area contributed by atoms with E-state index in [1.165, 1.54) is 11.1 Å². The number of ether oxygens (including phenoxy) is 1. The Morgan fingerprint density at radius 1 is 0.967 bits per heavy atom. The van der Waals surface area contributed by atoms with E-state index >= 15 is 0 Å². The van der Waals surface area contributed by atoms with Crippen molar-refractivity contribution in [3.63, 3.8) is 0 Å². The fraction of sp³-hybridized carbons (Fsp3) is 0.391. The molecule has 158 valence electrons. The first-order valence-corrected chi connectivity index (χ1v) is 9.95. The van der Waals surface area contributed by atoms with Crippen molar-refractivity contribution in [3.8, 4) is 5.75 Å². The maximum absolute atomic E-state index is 12.2. The lowest BCUT2D eigenvalue weighted by molar-refractivity contribution is 0.102. The maximum Gasteiger partial charge on any atom is 0.270 e. The summed E-state index contributed by atoms with van der Waals surface area (Å²) in [6, 6.07) is 13.8. The number of anilines is 1. The Hall–Kier alpha value is -3.22. The van der Waals surface area contributed by atoms with Crippen LogP contribution in [0.1, 0.15) is 68.6 Å². The second-order valence-electron chi connectivity index (χ2n) is 9.42. The van der Waals surface area contributed by atoms with Crippen LogP contribution in [0.3, 0.4) is 0 Å². The molecule has 0 spiro atoms. The van der Waals surface area contributed by atoms with E-state index in [0.29, 0.717) is 12.2 Å². The molecule has 30 heavy (non-hydrogen) atoms. The lowest BCUT2D eigenvalue weighted by Gasteiger charge is -2.26. The molecule has 0 atom stereocenters. The molecule has 0 aliphatic rings. The van der Waals surface area contributed by atoms with Gasteiger partial charge in [0.15, 0.2) is 0 Å². The van der Waals surface area contributed by atoms with Gasteiger partial charge in [0.25, 0.3) is 11.9 Å². The lowest BCUT2D eigenvalue weighted by atomic mass is 9.80. The molecule has 7 nitrogen and oxygen atoms in total. The highest BCUT2D eigenvalue weighted by Crippen LogP contribution is 2.33. The van der Waals surface area contributed by atoms with Crippen LogP contribution in [-0.2, 0) is 17.4 Å². The second kappa shape index (κ2) is 8.26. The molecule has 0 unspecified atom stereocenters.